The van der Waals surface area contributed by atoms with Crippen molar-refractivity contribution in [2.24, 2.45) is 0 Å². The second-order valence-electron chi connectivity index (χ2n) is 5.35. The number of rotatable bonds is 3. The Hall–Kier alpha value is -1.87. The van der Waals surface area contributed by atoms with Gasteiger partial charge in [-0.25, -0.2) is 8.78 Å². The quantitative estimate of drug-likeness (QED) is 0.817. The number of aryl methyl sites for hydroxylation is 1. The van der Waals surface area contributed by atoms with Crippen LogP contribution in [0.4, 0.5) is 8.78 Å². The van der Waals surface area contributed by atoms with Crippen LogP contribution in [0.25, 0.3) is 0 Å². The molecule has 1 unspecified atom stereocenters. The van der Waals surface area contributed by atoms with Crippen LogP contribution in [0.15, 0.2) is 16.6 Å². The SMILES string of the molecule is Cc1nnc2n1CC(C(=O)O)N(Cc1c(F)ccc(Br)c1F)C2. The van der Waals surface area contributed by atoms with E-state index in [0.29, 0.717) is 11.6 Å². The fourth-order valence-electron chi connectivity index (χ4n) is 2.68. The minimum Gasteiger partial charge on any atom is -0.480 e. The van der Waals surface area contributed by atoms with Crippen molar-refractivity contribution in [3.8, 4) is 0 Å². The van der Waals surface area contributed by atoms with Gasteiger partial charge in [0, 0.05) is 12.1 Å². The number of carboxylic acids is 1. The van der Waals surface area contributed by atoms with Crippen LogP contribution in [0.5, 0.6) is 0 Å². The van der Waals surface area contributed by atoms with Crippen LogP contribution in [0.1, 0.15) is 17.2 Å². The molecule has 1 aromatic carbocycles. The summed E-state index contributed by atoms with van der Waals surface area (Å²) in [6, 6.07) is 1.52. The lowest BCUT2D eigenvalue weighted by molar-refractivity contribution is -0.145. The Kier molecular flexibility index (Phi) is 4.15. The smallest absolute Gasteiger partial charge is 0.322 e. The zero-order valence-electron chi connectivity index (χ0n) is 12.1. The van der Waals surface area contributed by atoms with E-state index < -0.39 is 23.6 Å². The number of aliphatic carboxylic acids is 1. The maximum absolute atomic E-state index is 14.2. The highest BCUT2D eigenvalue weighted by molar-refractivity contribution is 9.10. The average Bonchev–Trinajstić information content (AvgIpc) is 2.87. The monoisotopic (exact) mass is 386 g/mol. The van der Waals surface area contributed by atoms with Crippen molar-refractivity contribution >= 4 is 21.9 Å². The highest BCUT2D eigenvalue weighted by Crippen LogP contribution is 2.26. The molecule has 1 N–H and O–H groups in total. The molecule has 1 aliphatic heterocycles. The van der Waals surface area contributed by atoms with Gasteiger partial charge < -0.3 is 9.67 Å². The Morgan fingerprint density at radius 3 is 2.87 bits per heavy atom. The second kappa shape index (κ2) is 5.97. The van der Waals surface area contributed by atoms with Crippen molar-refractivity contribution in [3.05, 3.63) is 45.5 Å². The number of nitrogens with zero attached hydrogens (tertiary/aromatic N) is 4. The van der Waals surface area contributed by atoms with Crippen molar-refractivity contribution in [1.29, 1.82) is 0 Å². The van der Waals surface area contributed by atoms with Gasteiger partial charge >= 0.3 is 5.97 Å². The summed E-state index contributed by atoms with van der Waals surface area (Å²) in [5.41, 5.74) is -0.171. The lowest BCUT2D eigenvalue weighted by atomic mass is 10.1. The summed E-state index contributed by atoms with van der Waals surface area (Å²) >= 11 is 3.02. The van der Waals surface area contributed by atoms with Crippen LogP contribution >= 0.6 is 15.9 Å². The fraction of sp³-hybridized carbons (Fsp3) is 0.357. The molecule has 0 aliphatic carbocycles. The summed E-state index contributed by atoms with van der Waals surface area (Å²) in [6.07, 6.45) is 0. The van der Waals surface area contributed by atoms with Gasteiger partial charge in [0.1, 0.15) is 29.3 Å². The van der Waals surface area contributed by atoms with Gasteiger partial charge in [-0.05, 0) is 35.0 Å². The number of benzene rings is 1. The number of halogens is 3. The van der Waals surface area contributed by atoms with E-state index in [1.54, 1.807) is 11.5 Å². The first-order chi connectivity index (χ1) is 10.9. The lowest BCUT2D eigenvalue weighted by Crippen LogP contribution is -2.47. The van der Waals surface area contributed by atoms with Gasteiger partial charge in [-0.15, -0.1) is 10.2 Å². The molecule has 0 saturated heterocycles. The topological polar surface area (TPSA) is 71.2 Å². The summed E-state index contributed by atoms with van der Waals surface area (Å²) in [5, 5.41) is 17.3. The number of hydrogen-bond donors (Lipinski definition) is 1. The molecule has 1 aromatic heterocycles. The van der Waals surface area contributed by atoms with Crippen molar-refractivity contribution in [1.82, 2.24) is 19.7 Å². The third-order valence-electron chi connectivity index (χ3n) is 3.94. The van der Waals surface area contributed by atoms with Crippen molar-refractivity contribution in [3.63, 3.8) is 0 Å². The largest absolute Gasteiger partial charge is 0.480 e. The predicted molar refractivity (Wildman–Crippen MR) is 79.5 cm³/mol. The van der Waals surface area contributed by atoms with Crippen LogP contribution in [-0.4, -0.2) is 36.8 Å². The van der Waals surface area contributed by atoms with E-state index in [1.807, 2.05) is 0 Å². The fourth-order valence-corrected chi connectivity index (χ4v) is 3.05. The van der Waals surface area contributed by atoms with E-state index >= 15 is 0 Å². The van der Waals surface area contributed by atoms with Crippen molar-refractivity contribution < 1.29 is 18.7 Å². The first kappa shape index (κ1) is 16.0. The van der Waals surface area contributed by atoms with E-state index in [0.717, 1.165) is 6.07 Å². The number of aromatic nitrogens is 3. The van der Waals surface area contributed by atoms with Crippen molar-refractivity contribution in [2.75, 3.05) is 0 Å². The van der Waals surface area contributed by atoms with Gasteiger partial charge in [-0.2, -0.15) is 0 Å². The molecule has 0 amide bonds. The Labute approximate surface area is 138 Å². The van der Waals surface area contributed by atoms with Crippen LogP contribution in [0, 0.1) is 18.6 Å². The Balaban J connectivity index is 1.95. The first-order valence-corrected chi connectivity index (χ1v) is 7.65. The highest BCUT2D eigenvalue weighted by atomic mass is 79.9. The molecule has 6 nitrogen and oxygen atoms in total. The summed E-state index contributed by atoms with van der Waals surface area (Å²) in [6.45, 7) is 1.86. The van der Waals surface area contributed by atoms with Crippen LogP contribution in [0.2, 0.25) is 0 Å². The number of fused-ring (bicyclic) bond motifs is 1. The third-order valence-corrected chi connectivity index (χ3v) is 4.55. The van der Waals surface area contributed by atoms with Gasteiger partial charge in [-0.1, -0.05) is 0 Å². The zero-order chi connectivity index (χ0) is 16.7. The summed E-state index contributed by atoms with van der Waals surface area (Å²) in [7, 11) is 0. The van der Waals surface area contributed by atoms with Gasteiger partial charge in [0.05, 0.1) is 17.6 Å². The summed E-state index contributed by atoms with van der Waals surface area (Å²) < 4.78 is 29.9. The van der Waals surface area contributed by atoms with Crippen LogP contribution in [-0.2, 0) is 24.4 Å². The van der Waals surface area contributed by atoms with Crippen LogP contribution in [0.3, 0.4) is 0 Å². The molecule has 0 fully saturated rings. The molecule has 0 radical (unpaired) electrons. The maximum Gasteiger partial charge on any atom is 0.322 e. The van der Waals surface area contributed by atoms with Crippen molar-refractivity contribution in [2.45, 2.75) is 32.6 Å². The normalized spacial score (nSPS) is 18.0. The highest BCUT2D eigenvalue weighted by Gasteiger charge is 2.34. The third kappa shape index (κ3) is 2.86. The molecule has 23 heavy (non-hydrogen) atoms. The molecule has 0 saturated carbocycles. The molecular weight excluding hydrogens is 374 g/mol. The van der Waals surface area contributed by atoms with Gasteiger partial charge in [-0.3, -0.25) is 9.69 Å². The van der Waals surface area contributed by atoms with E-state index in [9.17, 15) is 18.7 Å². The van der Waals surface area contributed by atoms with Gasteiger partial charge in [0.25, 0.3) is 0 Å². The Morgan fingerprint density at radius 2 is 2.17 bits per heavy atom. The molecular formula is C14H13BrF2N4O2. The molecule has 2 aromatic rings. The number of carbonyl (C=O) groups is 1. The molecule has 9 heteroatoms. The minimum absolute atomic E-state index is 0.136. The summed E-state index contributed by atoms with van der Waals surface area (Å²) in [5.74, 6) is -1.29. The van der Waals surface area contributed by atoms with E-state index in [1.165, 1.54) is 11.0 Å². The zero-order valence-corrected chi connectivity index (χ0v) is 13.7. The van der Waals surface area contributed by atoms with Gasteiger partial charge in [0.2, 0.25) is 0 Å². The van der Waals surface area contributed by atoms with E-state index in [2.05, 4.69) is 26.1 Å². The van der Waals surface area contributed by atoms with Crippen LogP contribution < -0.4 is 0 Å². The lowest BCUT2D eigenvalue weighted by Gasteiger charge is -2.33. The molecule has 122 valence electrons. The second-order valence-corrected chi connectivity index (χ2v) is 6.21. The molecule has 3 rings (SSSR count). The predicted octanol–water partition coefficient (Wildman–Crippen LogP) is 2.10. The molecule has 1 atom stereocenters. The number of carboxylic acid groups (broad SMARTS) is 1. The Bertz CT molecular complexity index is 780. The molecule has 1 aliphatic rings. The number of hydrogen-bond acceptors (Lipinski definition) is 4. The molecule has 0 spiro atoms. The molecule has 2 heterocycles. The average molecular weight is 387 g/mol. The Morgan fingerprint density at radius 1 is 1.43 bits per heavy atom. The van der Waals surface area contributed by atoms with E-state index in [4.69, 9.17) is 0 Å². The minimum atomic E-state index is -1.06. The van der Waals surface area contributed by atoms with Gasteiger partial charge in [0.15, 0.2) is 0 Å². The summed E-state index contributed by atoms with van der Waals surface area (Å²) in [4.78, 5) is 13.0. The van der Waals surface area contributed by atoms with E-state index in [-0.39, 0.29) is 29.7 Å². The first-order valence-electron chi connectivity index (χ1n) is 6.86. The maximum atomic E-state index is 14.2. The molecule has 0 bridgehead atoms. The standard InChI is InChI=1S/C14H13BrF2N4O2/c1-7-18-19-12-6-20(11(14(22)23)5-21(7)12)4-8-10(16)3-2-9(15)13(8)17/h2-3,11H,4-6H2,1H3,(H,22,23).